The van der Waals surface area contributed by atoms with Crippen LogP contribution >= 0.6 is 0 Å². The van der Waals surface area contributed by atoms with Crippen molar-refractivity contribution in [2.45, 2.75) is 64.7 Å². The Labute approximate surface area is 383 Å². The zero-order valence-corrected chi connectivity index (χ0v) is 38.5. The van der Waals surface area contributed by atoms with E-state index in [1.165, 1.54) is 50.0 Å². The highest BCUT2D eigenvalue weighted by molar-refractivity contribution is 6.09. The van der Waals surface area contributed by atoms with Gasteiger partial charge in [-0.1, -0.05) is 164 Å². The maximum absolute atomic E-state index is 7.01. The second kappa shape index (κ2) is 16.3. The minimum absolute atomic E-state index is 0.0104. The molecule has 3 heterocycles. The van der Waals surface area contributed by atoms with Crippen LogP contribution in [-0.4, -0.2) is 16.2 Å². The molecule has 0 aliphatic carbocycles. The summed E-state index contributed by atoms with van der Waals surface area (Å²) in [6.45, 7) is 16.7. The molecule has 0 bridgehead atoms. The third kappa shape index (κ3) is 7.97. The molecule has 7 aromatic carbocycles. The third-order valence-corrected chi connectivity index (χ3v) is 13.5. The Morgan fingerprint density at radius 1 is 0.431 bits per heavy atom. The van der Waals surface area contributed by atoms with Gasteiger partial charge in [0.15, 0.2) is 0 Å². The van der Waals surface area contributed by atoms with E-state index in [0.29, 0.717) is 6.67 Å². The molecule has 0 radical (unpaired) electrons. The van der Waals surface area contributed by atoms with Crippen molar-refractivity contribution < 1.29 is 4.74 Å². The smallest absolute Gasteiger partial charge is 0.137 e. The molecule has 1 aliphatic heterocycles. The molecular weight excluding hydrogens is 793 g/mol. The molecule has 0 saturated carbocycles. The Bertz CT molecular complexity index is 3190. The highest BCUT2D eigenvalue weighted by atomic mass is 16.5. The van der Waals surface area contributed by atoms with Gasteiger partial charge in [-0.25, -0.2) is 4.98 Å². The van der Waals surface area contributed by atoms with Gasteiger partial charge in [0.1, 0.15) is 17.3 Å². The van der Waals surface area contributed by atoms with Crippen LogP contribution in [0.4, 0.5) is 11.4 Å². The molecule has 0 atom stereocenters. The van der Waals surface area contributed by atoms with Gasteiger partial charge in [0.25, 0.3) is 0 Å². The number of hydrogen-bond acceptors (Lipinski definition) is 4. The van der Waals surface area contributed by atoms with Gasteiger partial charge in [0, 0.05) is 63.7 Å². The number of anilines is 2. The minimum atomic E-state index is -0.301. The van der Waals surface area contributed by atoms with E-state index in [0.717, 1.165) is 39.4 Å². The number of para-hydroxylation sites is 1. The molecule has 0 N–H and O–H groups in total. The first-order valence-corrected chi connectivity index (χ1v) is 22.7. The molecule has 322 valence electrons. The van der Waals surface area contributed by atoms with Gasteiger partial charge in [0.2, 0.25) is 0 Å². The lowest BCUT2D eigenvalue weighted by atomic mass is 9.78. The summed E-state index contributed by atoms with van der Waals surface area (Å²) in [5.41, 5.74) is 12.5. The van der Waals surface area contributed by atoms with Crippen molar-refractivity contribution in [1.29, 1.82) is 0 Å². The highest BCUT2D eigenvalue weighted by Gasteiger charge is 2.28. The van der Waals surface area contributed by atoms with Crippen LogP contribution in [-0.2, 0) is 16.2 Å². The van der Waals surface area contributed by atoms with E-state index in [2.05, 4.69) is 257 Å². The van der Waals surface area contributed by atoms with Crippen LogP contribution in [0.3, 0.4) is 0 Å². The molecular formula is C60H56N4O. The van der Waals surface area contributed by atoms with E-state index in [4.69, 9.17) is 9.72 Å². The fourth-order valence-corrected chi connectivity index (χ4v) is 9.30. The number of fused-ring (bicyclic) bond motifs is 3. The average molecular weight is 849 g/mol. The Hall–Kier alpha value is -7.37. The summed E-state index contributed by atoms with van der Waals surface area (Å²) < 4.78 is 9.29. The largest absolute Gasteiger partial charge is 0.457 e. The molecule has 2 aromatic heterocycles. The van der Waals surface area contributed by atoms with Crippen molar-refractivity contribution in [2.24, 2.45) is 0 Å². The van der Waals surface area contributed by atoms with E-state index in [1.54, 1.807) is 0 Å². The van der Waals surface area contributed by atoms with Gasteiger partial charge in [-0.15, -0.1) is 0 Å². The molecule has 0 saturated heterocycles. The Balaban J connectivity index is 1.04. The fraction of sp³-hybridized carbons (Fsp3) is 0.183. The standard InChI is InChI=1S/C60H56N4O/c1-58(2,3)47-33-43(42-19-11-8-12-20-42)34-49(35-47)62-31-32-63(41-62)50-36-48(60(6,7)45-23-15-10-16-24-45)37-52(39-50)65-51-27-28-54-53-25-17-18-26-55(53)64(56(54)40-51)57-38-46(29-30-61-57)59(4,5)44-21-13-9-14-22-44/h8-40H,41H2,1-7H3. The lowest BCUT2D eigenvalue weighted by molar-refractivity contribution is 0.480. The SMILES string of the molecule is CC(C)(C)c1cc(-c2ccccc2)cc(N2C=CN(c3cc(Oc4ccc5c6ccccc6n(-c6cc(C(C)(C)c7ccccc7)ccn6)c5c4)cc(C(C)(C)c4ccccc4)c3)C2)c1. The van der Waals surface area contributed by atoms with Crippen LogP contribution < -0.4 is 14.5 Å². The van der Waals surface area contributed by atoms with E-state index in [-0.39, 0.29) is 16.2 Å². The number of aromatic nitrogens is 2. The molecule has 9 aromatic rings. The van der Waals surface area contributed by atoms with E-state index in [9.17, 15) is 0 Å². The quantitative estimate of drug-likeness (QED) is 0.137. The maximum Gasteiger partial charge on any atom is 0.137 e. The molecule has 0 spiro atoms. The lowest BCUT2D eigenvalue weighted by Gasteiger charge is -2.29. The maximum atomic E-state index is 7.01. The number of nitrogens with zero attached hydrogens (tertiary/aromatic N) is 4. The highest BCUT2D eigenvalue weighted by Crippen LogP contribution is 2.42. The summed E-state index contributed by atoms with van der Waals surface area (Å²) in [4.78, 5) is 9.66. The summed E-state index contributed by atoms with van der Waals surface area (Å²) in [5, 5.41) is 2.32. The minimum Gasteiger partial charge on any atom is -0.457 e. The number of rotatable bonds is 10. The van der Waals surface area contributed by atoms with Crippen LogP contribution in [0.5, 0.6) is 11.5 Å². The molecule has 65 heavy (non-hydrogen) atoms. The summed E-state index contributed by atoms with van der Waals surface area (Å²) in [7, 11) is 0. The number of pyridine rings is 1. The van der Waals surface area contributed by atoms with Crippen LogP contribution in [0.25, 0.3) is 38.8 Å². The van der Waals surface area contributed by atoms with Crippen molar-refractivity contribution in [1.82, 2.24) is 9.55 Å². The van der Waals surface area contributed by atoms with Gasteiger partial charge in [0.05, 0.1) is 17.7 Å². The van der Waals surface area contributed by atoms with Crippen LogP contribution in [0, 0.1) is 0 Å². The van der Waals surface area contributed by atoms with Crippen molar-refractivity contribution >= 4 is 33.2 Å². The molecule has 10 rings (SSSR count). The van der Waals surface area contributed by atoms with Gasteiger partial charge >= 0.3 is 0 Å². The van der Waals surface area contributed by atoms with Crippen LogP contribution in [0.1, 0.15) is 76.3 Å². The summed E-state index contributed by atoms with van der Waals surface area (Å²) in [5.74, 6) is 2.41. The average Bonchev–Trinajstić information content (AvgIpc) is 3.96. The Kier molecular flexibility index (Phi) is 10.5. The molecule has 5 heteroatoms. The zero-order valence-electron chi connectivity index (χ0n) is 38.5. The van der Waals surface area contributed by atoms with E-state index >= 15 is 0 Å². The van der Waals surface area contributed by atoms with E-state index < -0.39 is 0 Å². The second-order valence-electron chi connectivity index (χ2n) is 19.5. The van der Waals surface area contributed by atoms with Gasteiger partial charge < -0.3 is 14.5 Å². The van der Waals surface area contributed by atoms with Crippen molar-refractivity contribution in [3.05, 3.63) is 228 Å². The van der Waals surface area contributed by atoms with Gasteiger partial charge in [-0.2, -0.15) is 0 Å². The van der Waals surface area contributed by atoms with Crippen LogP contribution in [0.2, 0.25) is 0 Å². The molecule has 0 unspecified atom stereocenters. The fourth-order valence-electron chi connectivity index (χ4n) is 9.30. The first kappa shape index (κ1) is 41.6. The van der Waals surface area contributed by atoms with Gasteiger partial charge in [-0.05, 0) is 99.0 Å². The third-order valence-electron chi connectivity index (χ3n) is 13.5. The molecule has 0 fully saturated rings. The summed E-state index contributed by atoms with van der Waals surface area (Å²) in [6.07, 6.45) is 6.33. The van der Waals surface area contributed by atoms with Crippen LogP contribution in [0.15, 0.2) is 201 Å². The van der Waals surface area contributed by atoms with E-state index in [1.807, 2.05) is 6.20 Å². The van der Waals surface area contributed by atoms with Gasteiger partial charge in [-0.3, -0.25) is 4.57 Å². The second-order valence-corrected chi connectivity index (χ2v) is 19.5. The lowest BCUT2D eigenvalue weighted by Crippen LogP contribution is -2.26. The monoisotopic (exact) mass is 848 g/mol. The van der Waals surface area contributed by atoms with Crippen molar-refractivity contribution in [2.75, 3.05) is 16.5 Å². The predicted octanol–water partition coefficient (Wildman–Crippen LogP) is 15.3. The summed E-state index contributed by atoms with van der Waals surface area (Å²) in [6, 6.07) is 65.3. The summed E-state index contributed by atoms with van der Waals surface area (Å²) >= 11 is 0. The molecule has 0 amide bonds. The molecule has 1 aliphatic rings. The van der Waals surface area contributed by atoms with Crippen molar-refractivity contribution in [3.63, 3.8) is 0 Å². The normalized spacial score (nSPS) is 13.3. The molecule has 5 nitrogen and oxygen atoms in total. The first-order chi connectivity index (χ1) is 31.3. The topological polar surface area (TPSA) is 33.5 Å². The first-order valence-electron chi connectivity index (χ1n) is 22.7. The number of hydrogen-bond donors (Lipinski definition) is 0. The predicted molar refractivity (Wildman–Crippen MR) is 272 cm³/mol. The number of benzene rings is 7. The number of ether oxygens (including phenoxy) is 1. The van der Waals surface area contributed by atoms with Crippen molar-refractivity contribution in [3.8, 4) is 28.4 Å². The Morgan fingerprint density at radius 3 is 1.69 bits per heavy atom. The Morgan fingerprint density at radius 2 is 1.02 bits per heavy atom. The zero-order chi connectivity index (χ0) is 44.9.